The molecule has 12 heteroatoms. The van der Waals surface area contributed by atoms with E-state index in [1.165, 1.54) is 7.11 Å². The molecule has 3 atom stereocenters. The van der Waals surface area contributed by atoms with E-state index in [0.717, 1.165) is 6.42 Å². The van der Waals surface area contributed by atoms with Gasteiger partial charge in [-0.05, 0) is 37.5 Å². The maximum atomic E-state index is 12.9. The number of hydrogen-bond acceptors (Lipinski definition) is 9. The quantitative estimate of drug-likeness (QED) is 0.423. The van der Waals surface area contributed by atoms with Crippen molar-refractivity contribution >= 4 is 23.6 Å². The Bertz CT molecular complexity index is 1010. The molecule has 3 N–H and O–H groups in total. The Morgan fingerprint density at radius 2 is 1.97 bits per heavy atom. The van der Waals surface area contributed by atoms with E-state index in [4.69, 9.17) is 14.6 Å². The third-order valence-corrected chi connectivity index (χ3v) is 5.91. The summed E-state index contributed by atoms with van der Waals surface area (Å²) in [7, 11) is 3.05. The summed E-state index contributed by atoms with van der Waals surface area (Å²) in [6.07, 6.45) is 3.28. The number of aryl methyl sites for hydroxylation is 1. The molecule has 3 unspecified atom stereocenters. The van der Waals surface area contributed by atoms with Crippen LogP contribution < -0.4 is 5.32 Å². The monoisotopic (exact) mass is 475 g/mol. The summed E-state index contributed by atoms with van der Waals surface area (Å²) in [5.41, 5.74) is 0.497. The highest BCUT2D eigenvalue weighted by atomic mass is 16.5. The first-order valence-corrected chi connectivity index (χ1v) is 10.8. The molecule has 0 radical (unpaired) electrons. The van der Waals surface area contributed by atoms with Gasteiger partial charge in [0, 0.05) is 33.7 Å². The molecule has 3 rings (SSSR count). The Morgan fingerprint density at radius 1 is 1.21 bits per heavy atom. The van der Waals surface area contributed by atoms with Crippen molar-refractivity contribution in [3.8, 4) is 0 Å². The van der Waals surface area contributed by atoms with Gasteiger partial charge in [-0.3, -0.25) is 19.7 Å². The number of carbonyl (C=O) groups is 3. The molecule has 0 aromatic carbocycles. The summed E-state index contributed by atoms with van der Waals surface area (Å²) in [5, 5.41) is 29.4. The fraction of sp³-hybridized carbons (Fsp3) is 0.545. The van der Waals surface area contributed by atoms with Crippen LogP contribution in [-0.4, -0.2) is 101 Å². The second-order valence-corrected chi connectivity index (χ2v) is 8.36. The van der Waals surface area contributed by atoms with Crippen molar-refractivity contribution in [3.63, 3.8) is 0 Å². The smallest absolute Gasteiger partial charge is 0.317 e. The molecular weight excluding hydrogens is 446 g/mol. The summed E-state index contributed by atoms with van der Waals surface area (Å²) in [4.78, 5) is 41.3. The van der Waals surface area contributed by atoms with Gasteiger partial charge in [0.25, 0.3) is 5.91 Å². The number of aliphatic carboxylic acids is 2. The van der Waals surface area contributed by atoms with E-state index in [0.29, 0.717) is 30.1 Å². The van der Waals surface area contributed by atoms with Crippen molar-refractivity contribution in [2.45, 2.75) is 44.1 Å². The van der Waals surface area contributed by atoms with Crippen LogP contribution in [0.25, 0.3) is 0 Å². The Balaban J connectivity index is 1.90. The molecule has 0 aliphatic carbocycles. The summed E-state index contributed by atoms with van der Waals surface area (Å²) in [5.74, 6) is -2.30. The topological polar surface area (TPSA) is 164 Å². The number of carboxylic acids is 2. The molecule has 1 saturated heterocycles. The minimum atomic E-state index is -1.02. The van der Waals surface area contributed by atoms with Gasteiger partial charge in [-0.2, -0.15) is 0 Å². The number of carboxylic acid groups (broad SMARTS) is 2. The zero-order chi connectivity index (χ0) is 24.9. The number of dihydropyridines is 1. The van der Waals surface area contributed by atoms with E-state index in [1.54, 1.807) is 37.2 Å². The van der Waals surface area contributed by atoms with E-state index in [-0.39, 0.29) is 37.1 Å². The predicted molar refractivity (Wildman–Crippen MR) is 120 cm³/mol. The zero-order valence-electron chi connectivity index (χ0n) is 19.4. The first-order chi connectivity index (χ1) is 16.2. The number of aliphatic imine (C=N–C) groups is 1. The molecule has 3 heterocycles. The van der Waals surface area contributed by atoms with Gasteiger partial charge in [0.1, 0.15) is 5.69 Å². The van der Waals surface area contributed by atoms with Crippen LogP contribution in [0.4, 0.5) is 0 Å². The number of allylic oxidation sites excluding steroid dienone is 1. The number of nitrogens with zero attached hydrogens (tertiary/aromatic N) is 4. The van der Waals surface area contributed by atoms with Crippen molar-refractivity contribution < 1.29 is 34.1 Å². The Morgan fingerprint density at radius 3 is 2.59 bits per heavy atom. The molecule has 1 aromatic rings. The molecule has 1 fully saturated rings. The maximum Gasteiger partial charge on any atom is 0.317 e. The Hall–Kier alpha value is -3.22. The van der Waals surface area contributed by atoms with Crippen molar-refractivity contribution in [2.24, 2.45) is 4.99 Å². The number of hydrogen-bond donors (Lipinski definition) is 3. The fourth-order valence-corrected chi connectivity index (χ4v) is 3.94. The minimum absolute atomic E-state index is 0.0283. The molecule has 1 aromatic heterocycles. The van der Waals surface area contributed by atoms with Gasteiger partial charge >= 0.3 is 11.9 Å². The lowest BCUT2D eigenvalue weighted by Gasteiger charge is -2.35. The van der Waals surface area contributed by atoms with E-state index >= 15 is 0 Å². The number of aromatic nitrogens is 2. The molecule has 2 aliphatic heterocycles. The molecule has 34 heavy (non-hydrogen) atoms. The van der Waals surface area contributed by atoms with Gasteiger partial charge in [-0.25, -0.2) is 4.99 Å². The van der Waals surface area contributed by atoms with Crippen LogP contribution >= 0.6 is 0 Å². The molecule has 2 aliphatic rings. The van der Waals surface area contributed by atoms with Crippen molar-refractivity contribution in [1.82, 2.24) is 20.4 Å². The summed E-state index contributed by atoms with van der Waals surface area (Å²) < 4.78 is 10.8. The van der Waals surface area contributed by atoms with Crippen molar-refractivity contribution in [3.05, 3.63) is 35.2 Å². The SMILES string of the molecule is COC1CCN(C(=O)c2cc(CCC(=O)O)c(C3=NC(OC)C(C)(NCC(=O)O)C=C3)nn2)C1. The normalized spacial score (nSPS) is 24.2. The lowest BCUT2D eigenvalue weighted by molar-refractivity contribution is -0.137. The standard InChI is InChI=1S/C22H29N5O7/c1-22(23-11-18(30)31)8-6-15(24-21(22)34-3)19-13(4-5-17(28)29)10-16(25-26-19)20(32)27-9-7-14(12-27)33-2/h6,8,10,14,21,23H,4-5,7,9,11-12H2,1-3H3,(H,28,29)(H,30,31). The third kappa shape index (κ3) is 5.82. The van der Waals surface area contributed by atoms with Crippen LogP contribution in [0.5, 0.6) is 0 Å². The molecule has 1 amide bonds. The van der Waals surface area contributed by atoms with E-state index in [1.807, 2.05) is 0 Å². The third-order valence-electron chi connectivity index (χ3n) is 5.91. The van der Waals surface area contributed by atoms with Crippen LogP contribution in [0.3, 0.4) is 0 Å². The summed E-state index contributed by atoms with van der Waals surface area (Å²) in [6, 6.07) is 1.56. The van der Waals surface area contributed by atoms with Crippen LogP contribution in [0.2, 0.25) is 0 Å². The van der Waals surface area contributed by atoms with Gasteiger partial charge < -0.3 is 24.6 Å². The largest absolute Gasteiger partial charge is 0.481 e. The highest BCUT2D eigenvalue weighted by Gasteiger charge is 2.36. The van der Waals surface area contributed by atoms with Gasteiger partial charge in [0.15, 0.2) is 11.9 Å². The molecule has 0 bridgehead atoms. The van der Waals surface area contributed by atoms with Gasteiger partial charge in [0.2, 0.25) is 0 Å². The zero-order valence-corrected chi connectivity index (χ0v) is 19.4. The molecule has 0 saturated carbocycles. The second-order valence-electron chi connectivity index (χ2n) is 8.36. The Labute approximate surface area is 196 Å². The van der Waals surface area contributed by atoms with Crippen molar-refractivity contribution in [1.29, 1.82) is 0 Å². The van der Waals surface area contributed by atoms with Crippen LogP contribution in [0.15, 0.2) is 23.2 Å². The number of ether oxygens (including phenoxy) is 2. The highest BCUT2D eigenvalue weighted by Crippen LogP contribution is 2.24. The predicted octanol–water partition coefficient (Wildman–Crippen LogP) is 0.119. The Kier molecular flexibility index (Phi) is 8.07. The number of carbonyl (C=O) groups excluding carboxylic acids is 1. The van der Waals surface area contributed by atoms with Gasteiger partial charge in [-0.15, -0.1) is 10.2 Å². The lowest BCUT2D eigenvalue weighted by Crippen LogP contribution is -2.53. The number of methoxy groups -OCH3 is 2. The first kappa shape index (κ1) is 25.4. The second kappa shape index (κ2) is 10.8. The molecule has 184 valence electrons. The van der Waals surface area contributed by atoms with Gasteiger partial charge in [-0.1, -0.05) is 6.08 Å². The summed E-state index contributed by atoms with van der Waals surface area (Å²) in [6.45, 7) is 2.46. The lowest BCUT2D eigenvalue weighted by atomic mass is 9.94. The average molecular weight is 476 g/mol. The van der Waals surface area contributed by atoms with E-state index < -0.39 is 23.7 Å². The summed E-state index contributed by atoms with van der Waals surface area (Å²) >= 11 is 0. The van der Waals surface area contributed by atoms with Crippen LogP contribution in [0, 0.1) is 0 Å². The fourth-order valence-electron chi connectivity index (χ4n) is 3.94. The van der Waals surface area contributed by atoms with E-state index in [2.05, 4.69) is 20.5 Å². The molecular formula is C22H29N5O7. The number of rotatable bonds is 10. The molecule has 0 spiro atoms. The number of amides is 1. The molecule has 12 nitrogen and oxygen atoms in total. The highest BCUT2D eigenvalue weighted by molar-refractivity contribution is 6.09. The number of likely N-dealkylation sites (tertiary alicyclic amines) is 1. The number of nitrogens with one attached hydrogen (secondary N) is 1. The minimum Gasteiger partial charge on any atom is -0.481 e. The average Bonchev–Trinajstić information content (AvgIpc) is 3.30. The van der Waals surface area contributed by atoms with Gasteiger partial charge in [0.05, 0.1) is 23.9 Å². The van der Waals surface area contributed by atoms with Crippen molar-refractivity contribution in [2.75, 3.05) is 33.9 Å². The first-order valence-electron chi connectivity index (χ1n) is 10.8. The van der Waals surface area contributed by atoms with Crippen LogP contribution in [0.1, 0.15) is 41.5 Å². The van der Waals surface area contributed by atoms with Crippen LogP contribution in [-0.2, 0) is 25.5 Å². The van der Waals surface area contributed by atoms with E-state index in [9.17, 15) is 19.5 Å². The maximum absolute atomic E-state index is 12.9.